The Balaban J connectivity index is 2.06. The summed E-state index contributed by atoms with van der Waals surface area (Å²) in [6, 6.07) is 0. The first kappa shape index (κ1) is 10.1. The summed E-state index contributed by atoms with van der Waals surface area (Å²) in [7, 11) is 0. The van der Waals surface area contributed by atoms with Gasteiger partial charge in [-0.25, -0.2) is 4.98 Å². The van der Waals surface area contributed by atoms with Crippen LogP contribution in [0.15, 0.2) is 11.6 Å². The molecule has 1 aliphatic carbocycles. The molecule has 1 aliphatic rings. The second-order valence-corrected chi connectivity index (χ2v) is 5.12. The third-order valence-electron chi connectivity index (χ3n) is 3.34. The number of rotatable bonds is 2. The van der Waals surface area contributed by atoms with Crippen LogP contribution in [0.1, 0.15) is 44.0 Å². The molecule has 0 radical (unpaired) electrons. The normalized spacial score (nSPS) is 33.1. The fourth-order valence-corrected chi connectivity index (χ4v) is 3.03. The van der Waals surface area contributed by atoms with E-state index in [1.54, 1.807) is 17.5 Å². The van der Waals surface area contributed by atoms with Crippen molar-refractivity contribution in [3.8, 4) is 0 Å². The fraction of sp³-hybridized carbons (Fsp3) is 0.727. The standard InChI is InChI=1S/C11H17NOS/c1-2-9-3-5-11(13,6-4-9)10-12-7-8-14-10/h7-9,13H,2-6H2,1H3. The van der Waals surface area contributed by atoms with Crippen molar-refractivity contribution in [2.24, 2.45) is 5.92 Å². The molecule has 0 unspecified atom stereocenters. The summed E-state index contributed by atoms with van der Waals surface area (Å²) in [6.45, 7) is 2.23. The topological polar surface area (TPSA) is 33.1 Å². The maximum Gasteiger partial charge on any atom is 0.124 e. The van der Waals surface area contributed by atoms with Gasteiger partial charge in [0.05, 0.1) is 0 Å². The first-order valence-electron chi connectivity index (χ1n) is 5.37. The van der Waals surface area contributed by atoms with Crippen molar-refractivity contribution in [1.82, 2.24) is 4.98 Å². The zero-order chi connectivity index (χ0) is 10.0. The van der Waals surface area contributed by atoms with Gasteiger partial charge in [0.1, 0.15) is 10.6 Å². The zero-order valence-corrected chi connectivity index (χ0v) is 9.39. The molecule has 78 valence electrons. The summed E-state index contributed by atoms with van der Waals surface area (Å²) in [5, 5.41) is 13.2. The Hall–Kier alpha value is -0.410. The second-order valence-electron chi connectivity index (χ2n) is 4.22. The molecule has 1 N–H and O–H groups in total. The first-order chi connectivity index (χ1) is 6.74. The van der Waals surface area contributed by atoms with Crippen LogP contribution in [0.3, 0.4) is 0 Å². The van der Waals surface area contributed by atoms with E-state index in [0.29, 0.717) is 0 Å². The van der Waals surface area contributed by atoms with Crippen molar-refractivity contribution in [2.45, 2.75) is 44.6 Å². The number of hydrogen-bond donors (Lipinski definition) is 1. The van der Waals surface area contributed by atoms with Gasteiger partial charge in [-0.1, -0.05) is 13.3 Å². The molecule has 1 saturated carbocycles. The molecule has 1 fully saturated rings. The van der Waals surface area contributed by atoms with E-state index in [0.717, 1.165) is 36.6 Å². The van der Waals surface area contributed by atoms with Gasteiger partial charge in [-0.05, 0) is 31.6 Å². The zero-order valence-electron chi connectivity index (χ0n) is 8.57. The van der Waals surface area contributed by atoms with E-state index < -0.39 is 5.60 Å². The molecule has 0 aromatic carbocycles. The van der Waals surface area contributed by atoms with Crippen molar-refractivity contribution in [1.29, 1.82) is 0 Å². The minimum Gasteiger partial charge on any atom is -0.383 e. The predicted octanol–water partition coefficient (Wildman–Crippen LogP) is 2.93. The fourth-order valence-electron chi connectivity index (χ4n) is 2.23. The van der Waals surface area contributed by atoms with E-state index in [4.69, 9.17) is 0 Å². The quantitative estimate of drug-likeness (QED) is 0.816. The van der Waals surface area contributed by atoms with Crippen molar-refractivity contribution in [3.05, 3.63) is 16.6 Å². The lowest BCUT2D eigenvalue weighted by Crippen LogP contribution is -2.31. The first-order valence-corrected chi connectivity index (χ1v) is 6.25. The number of aromatic nitrogens is 1. The molecule has 0 spiro atoms. The summed E-state index contributed by atoms with van der Waals surface area (Å²) >= 11 is 1.58. The second kappa shape index (κ2) is 3.99. The van der Waals surface area contributed by atoms with E-state index >= 15 is 0 Å². The van der Waals surface area contributed by atoms with E-state index in [1.807, 2.05) is 5.38 Å². The Morgan fingerprint density at radius 2 is 2.29 bits per heavy atom. The summed E-state index contributed by atoms with van der Waals surface area (Å²) < 4.78 is 0. The minimum atomic E-state index is -0.611. The molecular weight excluding hydrogens is 194 g/mol. The highest BCUT2D eigenvalue weighted by atomic mass is 32.1. The Labute approximate surface area is 89.0 Å². The third kappa shape index (κ3) is 1.84. The predicted molar refractivity (Wildman–Crippen MR) is 58.3 cm³/mol. The summed E-state index contributed by atoms with van der Waals surface area (Å²) in [5.41, 5.74) is -0.611. The molecule has 0 atom stereocenters. The Morgan fingerprint density at radius 1 is 1.57 bits per heavy atom. The van der Waals surface area contributed by atoms with E-state index in [9.17, 15) is 5.11 Å². The van der Waals surface area contributed by atoms with E-state index in [-0.39, 0.29) is 0 Å². The highest BCUT2D eigenvalue weighted by molar-refractivity contribution is 7.09. The van der Waals surface area contributed by atoms with Gasteiger partial charge in [-0.15, -0.1) is 11.3 Å². The van der Waals surface area contributed by atoms with Crippen LogP contribution in [0, 0.1) is 5.92 Å². The minimum absolute atomic E-state index is 0.611. The van der Waals surface area contributed by atoms with Crippen LogP contribution in [0.2, 0.25) is 0 Å². The average Bonchev–Trinajstić information content (AvgIpc) is 2.72. The SMILES string of the molecule is CCC1CCC(O)(c2nccs2)CC1. The lowest BCUT2D eigenvalue weighted by molar-refractivity contribution is -0.0147. The number of hydrogen-bond acceptors (Lipinski definition) is 3. The molecule has 0 aliphatic heterocycles. The lowest BCUT2D eigenvalue weighted by Gasteiger charge is -2.34. The monoisotopic (exact) mass is 211 g/mol. The highest BCUT2D eigenvalue weighted by Crippen LogP contribution is 2.40. The molecular formula is C11H17NOS. The van der Waals surface area contributed by atoms with Crippen molar-refractivity contribution >= 4 is 11.3 Å². The Morgan fingerprint density at radius 3 is 2.79 bits per heavy atom. The molecule has 1 aromatic rings. The van der Waals surface area contributed by atoms with Crippen LogP contribution in [0.4, 0.5) is 0 Å². The summed E-state index contributed by atoms with van der Waals surface area (Å²) in [6.07, 6.45) is 7.09. The molecule has 0 saturated heterocycles. The van der Waals surface area contributed by atoms with Crippen molar-refractivity contribution in [3.63, 3.8) is 0 Å². The maximum absolute atomic E-state index is 10.4. The van der Waals surface area contributed by atoms with Crippen LogP contribution in [-0.4, -0.2) is 10.1 Å². The Bertz CT molecular complexity index is 275. The Kier molecular flexibility index (Phi) is 2.88. The molecule has 14 heavy (non-hydrogen) atoms. The number of thiazole rings is 1. The molecule has 0 amide bonds. The summed E-state index contributed by atoms with van der Waals surface area (Å²) in [4.78, 5) is 4.23. The van der Waals surface area contributed by atoms with Crippen LogP contribution in [-0.2, 0) is 5.60 Å². The molecule has 1 heterocycles. The van der Waals surface area contributed by atoms with Gasteiger partial charge < -0.3 is 5.11 Å². The molecule has 2 nitrogen and oxygen atoms in total. The molecule has 0 bridgehead atoms. The van der Waals surface area contributed by atoms with E-state index in [1.165, 1.54) is 6.42 Å². The average molecular weight is 211 g/mol. The van der Waals surface area contributed by atoms with Gasteiger partial charge in [0.2, 0.25) is 0 Å². The highest BCUT2D eigenvalue weighted by Gasteiger charge is 2.36. The van der Waals surface area contributed by atoms with E-state index in [2.05, 4.69) is 11.9 Å². The van der Waals surface area contributed by atoms with Crippen LogP contribution >= 0.6 is 11.3 Å². The maximum atomic E-state index is 10.4. The summed E-state index contributed by atoms with van der Waals surface area (Å²) in [5.74, 6) is 0.815. The number of nitrogens with zero attached hydrogens (tertiary/aromatic N) is 1. The smallest absolute Gasteiger partial charge is 0.124 e. The van der Waals surface area contributed by atoms with Crippen LogP contribution < -0.4 is 0 Å². The molecule has 3 heteroatoms. The number of aliphatic hydroxyl groups is 1. The molecule has 1 aromatic heterocycles. The largest absolute Gasteiger partial charge is 0.383 e. The lowest BCUT2D eigenvalue weighted by atomic mass is 9.78. The van der Waals surface area contributed by atoms with Gasteiger partial charge in [0, 0.05) is 11.6 Å². The van der Waals surface area contributed by atoms with Gasteiger partial charge in [-0.2, -0.15) is 0 Å². The van der Waals surface area contributed by atoms with Crippen molar-refractivity contribution < 1.29 is 5.11 Å². The van der Waals surface area contributed by atoms with Crippen LogP contribution in [0.5, 0.6) is 0 Å². The van der Waals surface area contributed by atoms with Gasteiger partial charge in [0.25, 0.3) is 0 Å². The third-order valence-corrected chi connectivity index (χ3v) is 4.31. The van der Waals surface area contributed by atoms with Crippen molar-refractivity contribution in [2.75, 3.05) is 0 Å². The van der Waals surface area contributed by atoms with Gasteiger partial charge in [-0.3, -0.25) is 0 Å². The molecule has 2 rings (SSSR count). The van der Waals surface area contributed by atoms with Gasteiger partial charge in [0.15, 0.2) is 0 Å². The van der Waals surface area contributed by atoms with Crippen LogP contribution in [0.25, 0.3) is 0 Å². The van der Waals surface area contributed by atoms with Gasteiger partial charge >= 0.3 is 0 Å².